The lowest BCUT2D eigenvalue weighted by Gasteiger charge is -2.12. The molecule has 166 valence electrons. The molecule has 3 aromatic rings. The molecule has 0 radical (unpaired) electrons. The van der Waals surface area contributed by atoms with Gasteiger partial charge in [-0.2, -0.15) is 0 Å². The van der Waals surface area contributed by atoms with Crippen molar-refractivity contribution in [2.75, 3.05) is 0 Å². The Bertz CT molecular complexity index is 1260. The van der Waals surface area contributed by atoms with Crippen molar-refractivity contribution in [3.05, 3.63) is 110 Å². The van der Waals surface area contributed by atoms with Gasteiger partial charge in [0.15, 0.2) is 0 Å². The fraction of sp³-hybridized carbons (Fsp3) is 0.0833. The van der Waals surface area contributed by atoms with Gasteiger partial charge in [0, 0.05) is 11.6 Å². The number of hydrogen-bond acceptors (Lipinski definition) is 6. The topological polar surface area (TPSA) is 89.8 Å². The molecule has 2 amide bonds. The van der Waals surface area contributed by atoms with E-state index in [0.29, 0.717) is 11.3 Å². The summed E-state index contributed by atoms with van der Waals surface area (Å²) in [5.74, 6) is -0.287. The molecule has 4 rings (SSSR count). The molecule has 0 spiro atoms. The summed E-state index contributed by atoms with van der Waals surface area (Å²) >= 11 is 0.780. The smallest absolute Gasteiger partial charge is 0.293 e. The summed E-state index contributed by atoms with van der Waals surface area (Å²) in [6, 6.07) is 19.0. The first-order valence-electron chi connectivity index (χ1n) is 9.86. The molecule has 0 atom stereocenters. The fourth-order valence-corrected chi connectivity index (χ4v) is 4.06. The predicted octanol–water partition coefficient (Wildman–Crippen LogP) is 5.55. The van der Waals surface area contributed by atoms with Crippen molar-refractivity contribution in [3.8, 4) is 5.75 Å². The minimum absolute atomic E-state index is 0.147. The number of hydrogen-bond donors (Lipinski definition) is 0. The number of benzene rings is 3. The molecule has 7 nitrogen and oxygen atoms in total. The highest BCUT2D eigenvalue weighted by atomic mass is 32.2. The predicted molar refractivity (Wildman–Crippen MR) is 122 cm³/mol. The Morgan fingerprint density at radius 3 is 2.55 bits per heavy atom. The van der Waals surface area contributed by atoms with Gasteiger partial charge in [-0.25, -0.2) is 4.39 Å². The minimum Gasteiger partial charge on any atom is -0.489 e. The van der Waals surface area contributed by atoms with Gasteiger partial charge >= 0.3 is 0 Å². The first-order valence-corrected chi connectivity index (χ1v) is 10.7. The molecule has 3 aromatic carbocycles. The lowest BCUT2D eigenvalue weighted by Crippen LogP contribution is -2.27. The van der Waals surface area contributed by atoms with E-state index < -0.39 is 16.1 Å². The molecule has 9 heteroatoms. The molecule has 33 heavy (non-hydrogen) atoms. The second kappa shape index (κ2) is 9.66. The summed E-state index contributed by atoms with van der Waals surface area (Å²) in [5.41, 5.74) is 1.59. The van der Waals surface area contributed by atoms with Crippen molar-refractivity contribution in [2.45, 2.75) is 13.2 Å². The Balaban J connectivity index is 1.48. The number of carbonyl (C=O) groups is 2. The van der Waals surface area contributed by atoms with E-state index in [4.69, 9.17) is 4.74 Å². The normalized spacial score (nSPS) is 14.7. The number of rotatable bonds is 7. The Morgan fingerprint density at radius 1 is 1.03 bits per heavy atom. The highest BCUT2D eigenvalue weighted by Gasteiger charge is 2.36. The van der Waals surface area contributed by atoms with Crippen LogP contribution >= 0.6 is 11.8 Å². The van der Waals surface area contributed by atoms with Crippen LogP contribution in [0.25, 0.3) is 6.08 Å². The summed E-state index contributed by atoms with van der Waals surface area (Å²) < 4.78 is 18.8. The first kappa shape index (κ1) is 22.2. The fourth-order valence-electron chi connectivity index (χ4n) is 3.22. The van der Waals surface area contributed by atoms with E-state index in [1.165, 1.54) is 30.3 Å². The van der Waals surface area contributed by atoms with E-state index in [9.17, 15) is 24.1 Å². The zero-order chi connectivity index (χ0) is 23.4. The van der Waals surface area contributed by atoms with Crippen molar-refractivity contribution < 1.29 is 23.6 Å². The number of nitrogens with zero attached hydrogens (tertiary/aromatic N) is 2. The number of carbonyl (C=O) groups excluding carboxylic acids is 2. The molecule has 0 bridgehead atoms. The van der Waals surface area contributed by atoms with Crippen molar-refractivity contribution in [3.63, 3.8) is 0 Å². The van der Waals surface area contributed by atoms with Crippen molar-refractivity contribution in [1.29, 1.82) is 0 Å². The molecule has 1 heterocycles. The number of ether oxygens (including phenoxy) is 1. The molecule has 1 aliphatic rings. The molecule has 0 aliphatic carbocycles. The average molecular weight is 464 g/mol. The van der Waals surface area contributed by atoms with Crippen molar-refractivity contribution >= 4 is 34.7 Å². The maximum absolute atomic E-state index is 13.0. The van der Waals surface area contributed by atoms with E-state index in [-0.39, 0.29) is 35.1 Å². The molecule has 1 fully saturated rings. The van der Waals surface area contributed by atoms with E-state index in [2.05, 4.69) is 0 Å². The van der Waals surface area contributed by atoms with Gasteiger partial charge in [0.05, 0.1) is 16.4 Å². The van der Waals surface area contributed by atoms with Gasteiger partial charge < -0.3 is 4.74 Å². The second-order valence-corrected chi connectivity index (χ2v) is 8.13. The number of halogens is 1. The SMILES string of the molecule is O=C1S/C(=C/c2cccc(OCc3ccc(F)cc3)c2)C(=O)N1Cc1ccccc1[N+](=O)[O-]. The van der Waals surface area contributed by atoms with Crippen LogP contribution in [-0.4, -0.2) is 21.0 Å². The maximum atomic E-state index is 13.0. The third-order valence-electron chi connectivity index (χ3n) is 4.86. The summed E-state index contributed by atoms with van der Waals surface area (Å²) in [6.45, 7) is 0.0656. The van der Waals surface area contributed by atoms with Gasteiger partial charge in [-0.05, 0) is 53.2 Å². The number of para-hydroxylation sites is 1. The zero-order valence-electron chi connectivity index (χ0n) is 17.1. The summed E-state index contributed by atoms with van der Waals surface area (Å²) in [7, 11) is 0. The molecular formula is C24H17FN2O5S. The summed E-state index contributed by atoms with van der Waals surface area (Å²) in [6.07, 6.45) is 1.58. The quantitative estimate of drug-likeness (QED) is 0.259. The van der Waals surface area contributed by atoms with Crippen LogP contribution in [0.2, 0.25) is 0 Å². The lowest BCUT2D eigenvalue weighted by atomic mass is 10.1. The Hall–Kier alpha value is -3.98. The number of imide groups is 1. The summed E-state index contributed by atoms with van der Waals surface area (Å²) in [4.78, 5) is 37.1. The third kappa shape index (κ3) is 5.27. The van der Waals surface area contributed by atoms with Crippen LogP contribution in [0.1, 0.15) is 16.7 Å². The van der Waals surface area contributed by atoms with Crippen LogP contribution in [-0.2, 0) is 17.9 Å². The Kier molecular flexibility index (Phi) is 6.50. The molecular weight excluding hydrogens is 447 g/mol. The van der Waals surface area contributed by atoms with Gasteiger partial charge in [0.1, 0.15) is 18.2 Å². The molecule has 1 saturated heterocycles. The van der Waals surface area contributed by atoms with Crippen LogP contribution in [0.4, 0.5) is 14.9 Å². The van der Waals surface area contributed by atoms with Crippen LogP contribution in [0.5, 0.6) is 5.75 Å². The number of nitro benzene ring substituents is 1. The summed E-state index contributed by atoms with van der Waals surface area (Å²) in [5, 5.41) is 10.7. The van der Waals surface area contributed by atoms with Crippen LogP contribution in [0.3, 0.4) is 0 Å². The highest BCUT2D eigenvalue weighted by Crippen LogP contribution is 2.34. The van der Waals surface area contributed by atoms with E-state index >= 15 is 0 Å². The van der Waals surface area contributed by atoms with Crippen molar-refractivity contribution in [1.82, 2.24) is 4.90 Å². The molecule has 0 aromatic heterocycles. The van der Waals surface area contributed by atoms with Gasteiger partial charge in [0.25, 0.3) is 16.8 Å². The van der Waals surface area contributed by atoms with E-state index in [1.807, 2.05) is 0 Å². The average Bonchev–Trinajstić information content (AvgIpc) is 3.06. The number of nitro groups is 1. The monoisotopic (exact) mass is 464 g/mol. The Morgan fingerprint density at radius 2 is 1.79 bits per heavy atom. The highest BCUT2D eigenvalue weighted by molar-refractivity contribution is 8.18. The van der Waals surface area contributed by atoms with E-state index in [1.54, 1.807) is 48.5 Å². The van der Waals surface area contributed by atoms with Gasteiger partial charge in [-0.3, -0.25) is 24.6 Å². The largest absolute Gasteiger partial charge is 0.489 e. The van der Waals surface area contributed by atoms with Crippen LogP contribution < -0.4 is 4.74 Å². The zero-order valence-corrected chi connectivity index (χ0v) is 18.0. The van der Waals surface area contributed by atoms with Gasteiger partial charge in [0.2, 0.25) is 0 Å². The second-order valence-electron chi connectivity index (χ2n) is 7.14. The third-order valence-corrected chi connectivity index (χ3v) is 5.77. The number of thioether (sulfide) groups is 1. The van der Waals surface area contributed by atoms with Gasteiger partial charge in [-0.15, -0.1) is 0 Å². The van der Waals surface area contributed by atoms with Gasteiger partial charge in [-0.1, -0.05) is 42.5 Å². The van der Waals surface area contributed by atoms with Crippen LogP contribution in [0, 0.1) is 15.9 Å². The first-order chi connectivity index (χ1) is 15.9. The Labute approximate surface area is 192 Å². The molecule has 0 unspecified atom stereocenters. The number of amides is 2. The maximum Gasteiger partial charge on any atom is 0.293 e. The minimum atomic E-state index is -0.540. The van der Waals surface area contributed by atoms with Crippen molar-refractivity contribution in [2.24, 2.45) is 0 Å². The molecule has 0 N–H and O–H groups in total. The van der Waals surface area contributed by atoms with E-state index in [0.717, 1.165) is 22.2 Å². The standard InChI is InChI=1S/C24H17FN2O5S/c25-19-10-8-16(9-11-19)15-32-20-6-3-4-17(12-20)13-22-23(28)26(24(29)33-22)14-18-5-1-2-7-21(18)27(30)31/h1-13H,14-15H2/b22-13+. The lowest BCUT2D eigenvalue weighted by molar-refractivity contribution is -0.385. The molecule has 1 aliphatic heterocycles. The molecule has 0 saturated carbocycles. The van der Waals surface area contributed by atoms with Crippen LogP contribution in [0.15, 0.2) is 77.7 Å².